The number of ether oxygens (including phenoxy) is 3. The van der Waals surface area contributed by atoms with E-state index in [1.54, 1.807) is 36.4 Å². The molecule has 1 unspecified atom stereocenters. The van der Waals surface area contributed by atoms with Gasteiger partial charge in [0.2, 0.25) is 0 Å². The average molecular weight is 428 g/mol. The Bertz CT molecular complexity index is 897. The Kier molecular flexibility index (Phi) is 6.66. The number of rotatable bonds is 7. The van der Waals surface area contributed by atoms with Gasteiger partial charge in [-0.3, -0.25) is 9.69 Å². The maximum Gasteiger partial charge on any atom is 0.415 e. The second-order valence-electron chi connectivity index (χ2n) is 7.68. The second-order valence-corrected chi connectivity index (χ2v) is 7.68. The lowest BCUT2D eigenvalue weighted by Crippen LogP contribution is -2.35. The Hall–Kier alpha value is -3.13. The smallest absolute Gasteiger partial charge is 0.415 e. The molecular formula is C23H25FN2O5. The molecule has 0 bridgehead atoms. The van der Waals surface area contributed by atoms with Crippen LogP contribution >= 0.6 is 0 Å². The lowest BCUT2D eigenvalue weighted by atomic mass is 10.0. The summed E-state index contributed by atoms with van der Waals surface area (Å²) in [6.45, 7) is 2.42. The van der Waals surface area contributed by atoms with Gasteiger partial charge in [0.05, 0.1) is 6.54 Å². The fourth-order valence-corrected chi connectivity index (χ4v) is 3.66. The van der Waals surface area contributed by atoms with Crippen LogP contribution < -0.4 is 15.0 Å². The molecule has 0 spiro atoms. The SMILES string of the molecule is O=C(COc1ccc(C2CN(c3ccc(F)cc3)C(=O)O2)cc1)NCC1CCOCC1. The number of carbonyl (C=O) groups excluding carboxylic acids is 2. The van der Waals surface area contributed by atoms with Gasteiger partial charge in [0.15, 0.2) is 6.61 Å². The minimum Gasteiger partial charge on any atom is -0.484 e. The summed E-state index contributed by atoms with van der Waals surface area (Å²) in [4.78, 5) is 25.7. The lowest BCUT2D eigenvalue weighted by molar-refractivity contribution is -0.123. The summed E-state index contributed by atoms with van der Waals surface area (Å²) in [5.74, 6) is 0.501. The zero-order chi connectivity index (χ0) is 21.6. The normalized spacial score (nSPS) is 19.2. The van der Waals surface area contributed by atoms with Crippen molar-refractivity contribution < 1.29 is 28.2 Å². The molecule has 0 radical (unpaired) electrons. The highest BCUT2D eigenvalue weighted by molar-refractivity contribution is 5.89. The molecule has 1 atom stereocenters. The first-order valence-corrected chi connectivity index (χ1v) is 10.4. The molecule has 0 aliphatic carbocycles. The Morgan fingerprint density at radius 3 is 2.52 bits per heavy atom. The van der Waals surface area contributed by atoms with Crippen LogP contribution in [0.2, 0.25) is 0 Å². The minimum atomic E-state index is -0.474. The number of hydrogen-bond acceptors (Lipinski definition) is 5. The summed E-state index contributed by atoms with van der Waals surface area (Å²) < 4.78 is 29.4. The van der Waals surface area contributed by atoms with Crippen molar-refractivity contribution in [1.29, 1.82) is 0 Å². The molecule has 2 fully saturated rings. The molecule has 2 amide bonds. The molecular weight excluding hydrogens is 403 g/mol. The molecule has 0 aromatic heterocycles. The van der Waals surface area contributed by atoms with Crippen molar-refractivity contribution in [1.82, 2.24) is 5.32 Å². The zero-order valence-corrected chi connectivity index (χ0v) is 17.1. The molecule has 2 aliphatic heterocycles. The van der Waals surface area contributed by atoms with E-state index in [-0.39, 0.29) is 18.3 Å². The average Bonchev–Trinajstić information content (AvgIpc) is 3.19. The molecule has 1 N–H and O–H groups in total. The molecule has 31 heavy (non-hydrogen) atoms. The van der Waals surface area contributed by atoms with E-state index in [0.717, 1.165) is 31.6 Å². The van der Waals surface area contributed by atoms with Crippen LogP contribution in [0.15, 0.2) is 48.5 Å². The van der Waals surface area contributed by atoms with Gasteiger partial charge in [0, 0.05) is 25.4 Å². The summed E-state index contributed by atoms with van der Waals surface area (Å²) in [6, 6.07) is 12.8. The van der Waals surface area contributed by atoms with E-state index in [9.17, 15) is 14.0 Å². The molecule has 2 saturated heterocycles. The molecule has 2 heterocycles. The topological polar surface area (TPSA) is 77.1 Å². The van der Waals surface area contributed by atoms with Gasteiger partial charge < -0.3 is 19.5 Å². The molecule has 0 saturated carbocycles. The van der Waals surface area contributed by atoms with E-state index >= 15 is 0 Å². The van der Waals surface area contributed by atoms with Crippen LogP contribution in [-0.4, -0.2) is 44.9 Å². The molecule has 4 rings (SSSR count). The number of amides is 2. The summed E-state index contributed by atoms with van der Waals surface area (Å²) in [6.07, 6.45) is 1.02. The predicted molar refractivity (Wildman–Crippen MR) is 111 cm³/mol. The fraction of sp³-hybridized carbons (Fsp3) is 0.391. The van der Waals surface area contributed by atoms with Crippen molar-refractivity contribution in [2.75, 3.05) is 37.8 Å². The molecule has 2 aromatic rings. The highest BCUT2D eigenvalue weighted by atomic mass is 19.1. The van der Waals surface area contributed by atoms with Crippen molar-refractivity contribution in [2.24, 2.45) is 5.92 Å². The van der Waals surface area contributed by atoms with E-state index < -0.39 is 12.2 Å². The highest BCUT2D eigenvalue weighted by Crippen LogP contribution is 2.31. The molecule has 7 nitrogen and oxygen atoms in total. The summed E-state index contributed by atoms with van der Waals surface area (Å²) in [5.41, 5.74) is 1.40. The molecule has 2 aliphatic rings. The van der Waals surface area contributed by atoms with Crippen LogP contribution in [0.3, 0.4) is 0 Å². The maximum atomic E-state index is 13.1. The monoisotopic (exact) mass is 428 g/mol. The van der Waals surface area contributed by atoms with Crippen LogP contribution in [-0.2, 0) is 14.3 Å². The number of cyclic esters (lactones) is 1. The molecule has 2 aromatic carbocycles. The standard InChI is InChI=1S/C23H25FN2O5/c24-18-3-5-19(6-4-18)26-14-21(31-23(26)28)17-1-7-20(8-2-17)30-15-22(27)25-13-16-9-11-29-12-10-16/h1-8,16,21H,9-15H2,(H,25,27). The Morgan fingerprint density at radius 2 is 1.81 bits per heavy atom. The van der Waals surface area contributed by atoms with Crippen molar-refractivity contribution in [3.05, 3.63) is 59.9 Å². The first kappa shape index (κ1) is 21.1. The van der Waals surface area contributed by atoms with Gasteiger partial charge in [-0.15, -0.1) is 0 Å². The summed E-state index contributed by atoms with van der Waals surface area (Å²) >= 11 is 0. The van der Waals surface area contributed by atoms with Crippen LogP contribution in [0.1, 0.15) is 24.5 Å². The largest absolute Gasteiger partial charge is 0.484 e. The third-order valence-electron chi connectivity index (χ3n) is 5.50. The van der Waals surface area contributed by atoms with Gasteiger partial charge in [-0.05, 0) is 60.7 Å². The van der Waals surface area contributed by atoms with Crippen LogP contribution in [0.25, 0.3) is 0 Å². The third kappa shape index (κ3) is 5.52. The van der Waals surface area contributed by atoms with E-state index in [1.807, 2.05) is 0 Å². The first-order chi connectivity index (χ1) is 15.1. The quantitative estimate of drug-likeness (QED) is 0.731. The molecule has 8 heteroatoms. The third-order valence-corrected chi connectivity index (χ3v) is 5.50. The highest BCUT2D eigenvalue weighted by Gasteiger charge is 2.33. The molecule has 164 valence electrons. The predicted octanol–water partition coefficient (Wildman–Crippen LogP) is 3.45. The number of halogens is 1. The Morgan fingerprint density at radius 1 is 1.10 bits per heavy atom. The van der Waals surface area contributed by atoms with Gasteiger partial charge in [0.25, 0.3) is 5.91 Å². The van der Waals surface area contributed by atoms with Crippen molar-refractivity contribution >= 4 is 17.7 Å². The number of hydrogen-bond donors (Lipinski definition) is 1. The van der Waals surface area contributed by atoms with Crippen molar-refractivity contribution in [3.63, 3.8) is 0 Å². The summed E-state index contributed by atoms with van der Waals surface area (Å²) in [7, 11) is 0. The van der Waals surface area contributed by atoms with Gasteiger partial charge in [-0.2, -0.15) is 0 Å². The summed E-state index contributed by atoms with van der Waals surface area (Å²) in [5, 5.41) is 2.90. The van der Waals surface area contributed by atoms with Gasteiger partial charge >= 0.3 is 6.09 Å². The maximum absolute atomic E-state index is 13.1. The number of carbonyl (C=O) groups is 2. The first-order valence-electron chi connectivity index (χ1n) is 10.4. The van der Waals surface area contributed by atoms with Gasteiger partial charge in [-0.25, -0.2) is 9.18 Å². The van der Waals surface area contributed by atoms with Crippen LogP contribution in [0.4, 0.5) is 14.9 Å². The number of nitrogens with zero attached hydrogens (tertiary/aromatic N) is 1. The Labute approximate surface area is 180 Å². The van der Waals surface area contributed by atoms with Crippen molar-refractivity contribution in [3.8, 4) is 5.75 Å². The minimum absolute atomic E-state index is 0.0562. The zero-order valence-electron chi connectivity index (χ0n) is 17.1. The fourth-order valence-electron chi connectivity index (χ4n) is 3.66. The number of benzene rings is 2. The van der Waals surface area contributed by atoms with Gasteiger partial charge in [-0.1, -0.05) is 12.1 Å². The van der Waals surface area contributed by atoms with E-state index in [4.69, 9.17) is 14.2 Å². The van der Waals surface area contributed by atoms with Gasteiger partial charge in [0.1, 0.15) is 17.7 Å². The second kappa shape index (κ2) is 9.78. The van der Waals surface area contributed by atoms with Crippen molar-refractivity contribution in [2.45, 2.75) is 18.9 Å². The lowest BCUT2D eigenvalue weighted by Gasteiger charge is -2.22. The van der Waals surface area contributed by atoms with E-state index in [2.05, 4.69) is 5.32 Å². The van der Waals surface area contributed by atoms with Crippen LogP contribution in [0.5, 0.6) is 5.75 Å². The van der Waals surface area contributed by atoms with E-state index in [0.29, 0.717) is 30.4 Å². The Balaban J connectivity index is 1.25. The van der Waals surface area contributed by atoms with Crippen LogP contribution in [0, 0.1) is 11.7 Å². The number of anilines is 1. The van der Waals surface area contributed by atoms with E-state index in [1.165, 1.54) is 17.0 Å². The number of nitrogens with one attached hydrogen (secondary N) is 1.